The number of halogens is 4. The molecule has 0 bridgehead atoms. The smallest absolute Gasteiger partial charge is 0.268 e. The predicted octanol–water partition coefficient (Wildman–Crippen LogP) is 5.90. The van der Waals surface area contributed by atoms with E-state index in [0.717, 1.165) is 16.3 Å². The highest BCUT2D eigenvalue weighted by Crippen LogP contribution is 2.45. The van der Waals surface area contributed by atoms with Gasteiger partial charge in [0.25, 0.3) is 17.7 Å². The molecule has 0 unspecified atom stereocenters. The van der Waals surface area contributed by atoms with E-state index in [1.807, 2.05) is 26.0 Å². The summed E-state index contributed by atoms with van der Waals surface area (Å²) < 4.78 is 1.64. The number of carbonyl (C=O) groups is 3. The van der Waals surface area contributed by atoms with Gasteiger partial charge in [0.2, 0.25) is 0 Å². The van der Waals surface area contributed by atoms with Crippen molar-refractivity contribution in [2.45, 2.75) is 13.8 Å². The molecule has 3 aromatic rings. The summed E-state index contributed by atoms with van der Waals surface area (Å²) in [5.41, 5.74) is 4.65. The van der Waals surface area contributed by atoms with E-state index in [0.29, 0.717) is 0 Å². The molecule has 4 rings (SSSR count). The van der Waals surface area contributed by atoms with Crippen molar-refractivity contribution in [3.05, 3.63) is 84.6 Å². The molecule has 1 N–H and O–H groups in total. The van der Waals surface area contributed by atoms with Crippen LogP contribution in [0.3, 0.4) is 0 Å². The lowest BCUT2D eigenvalue weighted by Gasteiger charge is -2.16. The van der Waals surface area contributed by atoms with E-state index in [1.54, 1.807) is 16.8 Å². The van der Waals surface area contributed by atoms with Gasteiger partial charge in [0.1, 0.15) is 0 Å². The maximum Gasteiger partial charge on any atom is 0.270 e. The first kappa shape index (κ1) is 21.7. The molecule has 0 aliphatic carbocycles. The molecule has 2 heterocycles. The molecule has 31 heavy (non-hydrogen) atoms. The topological polar surface area (TPSA) is 71.4 Å². The summed E-state index contributed by atoms with van der Waals surface area (Å²) in [6, 6.07) is 9.82. The number of hydrogen-bond donors (Lipinski definition) is 1. The van der Waals surface area contributed by atoms with Crippen molar-refractivity contribution >= 4 is 69.8 Å². The van der Waals surface area contributed by atoms with Crippen LogP contribution in [-0.4, -0.2) is 22.4 Å². The summed E-state index contributed by atoms with van der Waals surface area (Å²) in [6.45, 7) is 3.71. The van der Waals surface area contributed by atoms with E-state index in [-0.39, 0.29) is 42.5 Å². The van der Waals surface area contributed by atoms with Crippen LogP contribution in [0.25, 0.3) is 0 Å². The summed E-state index contributed by atoms with van der Waals surface area (Å²) in [7, 11) is 0. The van der Waals surface area contributed by atoms with Gasteiger partial charge in [-0.1, -0.05) is 52.5 Å². The first-order valence-corrected chi connectivity index (χ1v) is 10.5. The van der Waals surface area contributed by atoms with Crippen LogP contribution >= 0.6 is 46.4 Å². The Kier molecular flexibility index (Phi) is 5.52. The Morgan fingerprint density at radius 1 is 0.806 bits per heavy atom. The second-order valence-electron chi connectivity index (χ2n) is 6.89. The molecule has 1 aliphatic rings. The summed E-state index contributed by atoms with van der Waals surface area (Å²) in [5.74, 6) is -1.83. The van der Waals surface area contributed by atoms with Crippen LogP contribution in [0.1, 0.15) is 42.5 Å². The molecule has 0 fully saturated rings. The lowest BCUT2D eigenvalue weighted by Crippen LogP contribution is -2.30. The zero-order valence-corrected chi connectivity index (χ0v) is 19.1. The summed E-state index contributed by atoms with van der Waals surface area (Å²) in [6.07, 6.45) is 0. The van der Waals surface area contributed by atoms with Crippen LogP contribution in [0, 0.1) is 13.8 Å². The number of rotatable bonds is 3. The van der Waals surface area contributed by atoms with Crippen molar-refractivity contribution in [2.24, 2.45) is 0 Å². The predicted molar refractivity (Wildman–Crippen MR) is 122 cm³/mol. The Balaban J connectivity index is 1.72. The SMILES string of the molecule is Cc1ccc(C)n1NC(=O)c1cccc(N2C(=O)c3c(Cl)c(Cl)c(Cl)c(Cl)c3C2=O)c1. The van der Waals surface area contributed by atoms with Crippen LogP contribution in [0.4, 0.5) is 5.69 Å². The second-order valence-corrected chi connectivity index (χ2v) is 8.41. The number of benzene rings is 2. The van der Waals surface area contributed by atoms with Crippen molar-refractivity contribution in [3.63, 3.8) is 0 Å². The highest BCUT2D eigenvalue weighted by atomic mass is 35.5. The average molecular weight is 497 g/mol. The minimum Gasteiger partial charge on any atom is -0.268 e. The van der Waals surface area contributed by atoms with Gasteiger partial charge in [-0.05, 0) is 44.2 Å². The maximum atomic E-state index is 13.0. The van der Waals surface area contributed by atoms with Gasteiger partial charge in [-0.2, -0.15) is 0 Å². The van der Waals surface area contributed by atoms with Crippen molar-refractivity contribution in [3.8, 4) is 0 Å². The first-order chi connectivity index (χ1) is 14.6. The monoisotopic (exact) mass is 495 g/mol. The van der Waals surface area contributed by atoms with E-state index in [9.17, 15) is 14.4 Å². The van der Waals surface area contributed by atoms with Crippen molar-refractivity contribution in [1.82, 2.24) is 4.68 Å². The van der Waals surface area contributed by atoms with Crippen LogP contribution in [0.5, 0.6) is 0 Å². The first-order valence-electron chi connectivity index (χ1n) is 8.94. The molecule has 3 amide bonds. The molecule has 6 nitrogen and oxygen atoms in total. The van der Waals surface area contributed by atoms with Gasteiger partial charge < -0.3 is 0 Å². The normalized spacial score (nSPS) is 13.0. The van der Waals surface area contributed by atoms with Gasteiger partial charge in [-0.25, -0.2) is 4.90 Å². The highest BCUT2D eigenvalue weighted by molar-refractivity contribution is 6.56. The number of aromatic nitrogens is 1. The van der Waals surface area contributed by atoms with Crippen LogP contribution in [-0.2, 0) is 0 Å². The van der Waals surface area contributed by atoms with E-state index < -0.39 is 17.7 Å². The number of anilines is 1. The van der Waals surface area contributed by atoms with Gasteiger partial charge in [-0.3, -0.25) is 24.5 Å². The number of nitrogens with one attached hydrogen (secondary N) is 1. The highest BCUT2D eigenvalue weighted by Gasteiger charge is 2.42. The molecule has 0 radical (unpaired) electrons. The summed E-state index contributed by atoms with van der Waals surface area (Å²) in [5, 5.41) is -0.528. The van der Waals surface area contributed by atoms with Gasteiger partial charge >= 0.3 is 0 Å². The molecule has 0 atom stereocenters. The van der Waals surface area contributed by atoms with E-state index in [4.69, 9.17) is 46.4 Å². The number of nitrogens with zero attached hydrogens (tertiary/aromatic N) is 2. The number of hydrogen-bond acceptors (Lipinski definition) is 3. The van der Waals surface area contributed by atoms with Crippen LogP contribution < -0.4 is 10.3 Å². The van der Waals surface area contributed by atoms with Gasteiger partial charge in [-0.15, -0.1) is 0 Å². The maximum absolute atomic E-state index is 13.0. The molecule has 0 saturated heterocycles. The largest absolute Gasteiger partial charge is 0.270 e. The van der Waals surface area contributed by atoms with E-state index in [2.05, 4.69) is 5.43 Å². The van der Waals surface area contributed by atoms with Crippen molar-refractivity contribution in [1.29, 1.82) is 0 Å². The standard InChI is InChI=1S/C21H13Cl4N3O3/c1-9-6-7-10(2)28(9)26-19(29)11-4-3-5-12(8-11)27-20(30)13-14(21(27)31)16(23)18(25)17(24)15(13)22/h3-8H,1-2H3,(H,26,29). The minimum absolute atomic E-state index is 0.110. The van der Waals surface area contributed by atoms with Gasteiger partial charge in [0, 0.05) is 17.0 Å². The summed E-state index contributed by atoms with van der Waals surface area (Å²) >= 11 is 24.5. The number of aryl methyl sites for hydroxylation is 2. The Morgan fingerprint density at radius 3 is 1.84 bits per heavy atom. The number of imide groups is 1. The average Bonchev–Trinajstić information content (AvgIpc) is 3.20. The molecule has 2 aromatic carbocycles. The summed E-state index contributed by atoms with van der Waals surface area (Å²) in [4.78, 5) is 39.7. The van der Waals surface area contributed by atoms with Crippen molar-refractivity contribution < 1.29 is 14.4 Å². The molecule has 1 aromatic heterocycles. The fourth-order valence-electron chi connectivity index (χ4n) is 3.38. The number of carbonyl (C=O) groups excluding carboxylic acids is 3. The van der Waals surface area contributed by atoms with E-state index in [1.165, 1.54) is 12.1 Å². The zero-order chi connectivity index (χ0) is 22.6. The zero-order valence-electron chi connectivity index (χ0n) is 16.1. The number of fused-ring (bicyclic) bond motifs is 1. The third kappa shape index (κ3) is 3.40. The van der Waals surface area contributed by atoms with Crippen LogP contribution in [0.2, 0.25) is 20.1 Å². The Morgan fingerprint density at radius 2 is 1.32 bits per heavy atom. The minimum atomic E-state index is -0.708. The molecule has 0 spiro atoms. The fraction of sp³-hybridized carbons (Fsp3) is 0.0952. The number of amides is 3. The Bertz CT molecular complexity index is 1230. The third-order valence-electron chi connectivity index (χ3n) is 4.95. The molecular weight excluding hydrogens is 484 g/mol. The Hall–Kier alpha value is -2.51. The molecule has 158 valence electrons. The fourth-order valence-corrected chi connectivity index (χ4v) is 4.40. The van der Waals surface area contributed by atoms with E-state index >= 15 is 0 Å². The quantitative estimate of drug-likeness (QED) is 0.278. The van der Waals surface area contributed by atoms with Crippen molar-refractivity contribution in [2.75, 3.05) is 10.3 Å². The van der Waals surface area contributed by atoms with Gasteiger partial charge in [0.05, 0.1) is 36.9 Å². The third-order valence-corrected chi connectivity index (χ3v) is 6.75. The lowest BCUT2D eigenvalue weighted by atomic mass is 10.1. The molecule has 1 aliphatic heterocycles. The lowest BCUT2D eigenvalue weighted by molar-refractivity contribution is 0.0923. The Labute approximate surface area is 197 Å². The second kappa shape index (κ2) is 7.88. The molecular formula is C21H13Cl4N3O3. The van der Waals surface area contributed by atoms with Gasteiger partial charge in [0.15, 0.2) is 0 Å². The molecule has 0 saturated carbocycles. The molecule has 10 heteroatoms. The van der Waals surface area contributed by atoms with Crippen LogP contribution in [0.15, 0.2) is 36.4 Å².